The molecule has 0 spiro atoms. The molecule has 3 N–H and O–H groups in total. The highest BCUT2D eigenvalue weighted by atomic mass is 35.5. The average molecular weight is 645 g/mol. The van der Waals surface area contributed by atoms with Crippen molar-refractivity contribution in [3.8, 4) is 28.8 Å². The predicted molar refractivity (Wildman–Crippen MR) is 167 cm³/mol. The van der Waals surface area contributed by atoms with Crippen LogP contribution in [0.15, 0.2) is 59.1 Å². The van der Waals surface area contributed by atoms with Crippen LogP contribution in [0.2, 0.25) is 15.1 Å². The highest BCUT2D eigenvalue weighted by molar-refractivity contribution is 6.39. The first-order chi connectivity index (χ1) is 19.9. The van der Waals surface area contributed by atoms with Crippen molar-refractivity contribution in [1.82, 2.24) is 10.5 Å². The normalized spacial score (nSPS) is 14.3. The summed E-state index contributed by atoms with van der Waals surface area (Å²) in [4.78, 5) is 11.6. The second-order valence-electron chi connectivity index (χ2n) is 10.0. The number of carboxylic acids is 1. The molecule has 2 fully saturated rings. The molecule has 11 heteroatoms. The van der Waals surface area contributed by atoms with E-state index in [4.69, 9.17) is 44.1 Å². The molecule has 1 aliphatic carbocycles. The number of anilines is 1. The van der Waals surface area contributed by atoms with Gasteiger partial charge in [-0.2, -0.15) is 0 Å². The van der Waals surface area contributed by atoms with Gasteiger partial charge < -0.3 is 25.0 Å². The molecule has 3 aromatic carbocycles. The van der Waals surface area contributed by atoms with Crippen molar-refractivity contribution in [2.45, 2.75) is 31.4 Å². The van der Waals surface area contributed by atoms with Gasteiger partial charge in [-0.15, -0.1) is 12.4 Å². The van der Waals surface area contributed by atoms with Crippen LogP contribution in [0.3, 0.4) is 0 Å². The van der Waals surface area contributed by atoms with Crippen molar-refractivity contribution in [2.75, 3.05) is 18.4 Å². The van der Waals surface area contributed by atoms with Crippen molar-refractivity contribution in [3.63, 3.8) is 0 Å². The zero-order valence-electron chi connectivity index (χ0n) is 22.0. The molecule has 1 saturated heterocycles. The maximum absolute atomic E-state index is 11.6. The Hall–Kier alpha value is -3.38. The van der Waals surface area contributed by atoms with Gasteiger partial charge in [0.25, 0.3) is 0 Å². The van der Waals surface area contributed by atoms with E-state index in [1.165, 1.54) is 0 Å². The third-order valence-corrected chi connectivity index (χ3v) is 7.91. The third kappa shape index (κ3) is 6.64. The first-order valence-electron chi connectivity index (χ1n) is 13.1. The Kier molecular flexibility index (Phi) is 9.22. The smallest absolute Gasteiger partial charge is 0.335 e. The van der Waals surface area contributed by atoms with Crippen LogP contribution in [-0.2, 0) is 6.61 Å². The number of carboxylic acid groups (broad SMARTS) is 1. The lowest BCUT2D eigenvalue weighted by Crippen LogP contribution is -2.51. The number of carbonyl (C=O) groups is 1. The van der Waals surface area contributed by atoms with Crippen molar-refractivity contribution >= 4 is 58.9 Å². The number of benzene rings is 3. The SMILES string of the molecule is Cl.O=C(O)c1cc(C#Cc2ccc(OCc3c(-c4c(Cl)cccc4Cl)noc3C3CC3)cc2Cl)cc(NC2CNC2)c1. The Morgan fingerprint density at radius 3 is 2.45 bits per heavy atom. The summed E-state index contributed by atoms with van der Waals surface area (Å²) in [6, 6.07) is 15.8. The third-order valence-electron chi connectivity index (χ3n) is 6.96. The van der Waals surface area contributed by atoms with Gasteiger partial charge in [0, 0.05) is 47.5 Å². The first kappa shape index (κ1) is 30.1. The number of halogens is 4. The summed E-state index contributed by atoms with van der Waals surface area (Å²) >= 11 is 19.5. The fourth-order valence-electron chi connectivity index (χ4n) is 4.56. The minimum absolute atomic E-state index is 0. The lowest BCUT2D eigenvalue weighted by atomic mass is 10.0. The summed E-state index contributed by atoms with van der Waals surface area (Å²) in [5.74, 6) is 6.72. The number of aromatic nitrogens is 1. The Labute approximate surface area is 263 Å². The molecule has 0 radical (unpaired) electrons. The first-order valence-corrected chi connectivity index (χ1v) is 14.2. The molecule has 6 rings (SSSR count). The zero-order chi connectivity index (χ0) is 28.5. The van der Waals surface area contributed by atoms with Gasteiger partial charge >= 0.3 is 5.97 Å². The highest BCUT2D eigenvalue weighted by Crippen LogP contribution is 2.46. The zero-order valence-corrected chi connectivity index (χ0v) is 25.1. The molecule has 0 amide bonds. The van der Waals surface area contributed by atoms with Crippen LogP contribution in [0, 0.1) is 11.8 Å². The number of ether oxygens (including phenoxy) is 1. The monoisotopic (exact) mass is 643 g/mol. The van der Waals surface area contributed by atoms with E-state index in [-0.39, 0.29) is 30.6 Å². The van der Waals surface area contributed by atoms with Crippen LogP contribution < -0.4 is 15.4 Å². The van der Waals surface area contributed by atoms with E-state index in [2.05, 4.69) is 27.6 Å². The molecule has 42 heavy (non-hydrogen) atoms. The molecule has 2 heterocycles. The Morgan fingerprint density at radius 1 is 1.05 bits per heavy atom. The molecule has 1 aliphatic heterocycles. The van der Waals surface area contributed by atoms with Gasteiger partial charge in [0.05, 0.1) is 32.2 Å². The van der Waals surface area contributed by atoms with Crippen LogP contribution >= 0.6 is 47.2 Å². The number of nitrogens with one attached hydrogen (secondary N) is 2. The van der Waals surface area contributed by atoms with E-state index in [0.717, 1.165) is 37.3 Å². The summed E-state index contributed by atoms with van der Waals surface area (Å²) in [6.07, 6.45) is 2.06. The van der Waals surface area contributed by atoms with Gasteiger partial charge in [-0.05, 0) is 55.3 Å². The largest absolute Gasteiger partial charge is 0.489 e. The Balaban J connectivity index is 0.00000353. The van der Waals surface area contributed by atoms with E-state index in [1.54, 1.807) is 48.5 Å². The fraction of sp³-hybridized carbons (Fsp3) is 0.226. The minimum Gasteiger partial charge on any atom is -0.489 e. The molecule has 0 unspecified atom stereocenters. The molecule has 4 aromatic rings. The van der Waals surface area contributed by atoms with Crippen molar-refractivity contribution in [3.05, 3.63) is 97.7 Å². The van der Waals surface area contributed by atoms with Crippen LogP contribution in [0.5, 0.6) is 5.75 Å². The Bertz CT molecular complexity index is 1680. The summed E-state index contributed by atoms with van der Waals surface area (Å²) in [5.41, 5.74) is 4.03. The van der Waals surface area contributed by atoms with Gasteiger partial charge in [0.15, 0.2) is 0 Å². The highest BCUT2D eigenvalue weighted by Gasteiger charge is 2.33. The predicted octanol–water partition coefficient (Wildman–Crippen LogP) is 7.66. The van der Waals surface area contributed by atoms with Crippen LogP contribution in [0.4, 0.5) is 5.69 Å². The van der Waals surface area contributed by atoms with Crippen molar-refractivity contribution in [2.24, 2.45) is 0 Å². The van der Waals surface area contributed by atoms with E-state index in [1.807, 2.05) is 6.07 Å². The number of nitrogens with zero attached hydrogens (tertiary/aromatic N) is 1. The quantitative estimate of drug-likeness (QED) is 0.169. The lowest BCUT2D eigenvalue weighted by Gasteiger charge is -2.29. The molecule has 0 atom stereocenters. The fourth-order valence-corrected chi connectivity index (χ4v) is 5.36. The van der Waals surface area contributed by atoms with E-state index >= 15 is 0 Å². The average Bonchev–Trinajstić information content (AvgIpc) is 3.69. The summed E-state index contributed by atoms with van der Waals surface area (Å²) < 4.78 is 11.8. The molecule has 1 saturated carbocycles. The molecule has 0 bridgehead atoms. The maximum Gasteiger partial charge on any atom is 0.335 e. The van der Waals surface area contributed by atoms with Crippen molar-refractivity contribution < 1.29 is 19.2 Å². The standard InChI is InChI=1S/C31H24Cl3N3O4.ClH/c32-25-2-1-3-26(33)28(25)29-24(30(41-37-29)19-6-7-19)16-40-23-9-8-18(27(34)13-23)5-4-17-10-20(31(38)39)12-21(11-17)36-22-14-35-15-22;/h1-3,8-13,19,22,35-36H,6-7,14-16H2,(H,38,39);1H. The maximum atomic E-state index is 11.6. The van der Waals surface area contributed by atoms with E-state index in [9.17, 15) is 9.90 Å². The number of hydrogen-bond acceptors (Lipinski definition) is 6. The van der Waals surface area contributed by atoms with Crippen LogP contribution in [0.1, 0.15) is 51.6 Å². The van der Waals surface area contributed by atoms with E-state index < -0.39 is 5.97 Å². The van der Waals surface area contributed by atoms with Crippen LogP contribution in [0.25, 0.3) is 11.3 Å². The molecule has 2 aliphatic rings. The summed E-state index contributed by atoms with van der Waals surface area (Å²) in [5, 5.41) is 21.7. The van der Waals surface area contributed by atoms with Crippen molar-refractivity contribution in [1.29, 1.82) is 0 Å². The van der Waals surface area contributed by atoms with Gasteiger partial charge in [-0.1, -0.05) is 57.9 Å². The molecular formula is C31H25Cl4N3O4. The van der Waals surface area contributed by atoms with Gasteiger partial charge in [0.1, 0.15) is 23.8 Å². The van der Waals surface area contributed by atoms with Gasteiger partial charge in [0.2, 0.25) is 0 Å². The number of hydrogen-bond donors (Lipinski definition) is 3. The lowest BCUT2D eigenvalue weighted by molar-refractivity contribution is 0.0697. The molecule has 216 valence electrons. The number of aromatic carboxylic acids is 1. The van der Waals surface area contributed by atoms with Crippen LogP contribution in [-0.4, -0.2) is 35.4 Å². The molecule has 7 nitrogen and oxygen atoms in total. The van der Waals surface area contributed by atoms with E-state index in [0.29, 0.717) is 54.8 Å². The summed E-state index contributed by atoms with van der Waals surface area (Å²) in [7, 11) is 0. The second kappa shape index (κ2) is 12.9. The number of rotatable bonds is 8. The Morgan fingerprint density at radius 2 is 1.81 bits per heavy atom. The molecular weight excluding hydrogens is 620 g/mol. The molecule has 1 aromatic heterocycles. The van der Waals surface area contributed by atoms with Gasteiger partial charge in [-0.3, -0.25) is 0 Å². The summed E-state index contributed by atoms with van der Waals surface area (Å²) in [6.45, 7) is 1.86. The van der Waals surface area contributed by atoms with Gasteiger partial charge in [-0.25, -0.2) is 4.79 Å². The minimum atomic E-state index is -1.01. The second-order valence-corrected chi connectivity index (χ2v) is 11.3. The topological polar surface area (TPSA) is 96.6 Å².